The average molecular weight is 373 g/mol. The summed E-state index contributed by atoms with van der Waals surface area (Å²) in [6.07, 6.45) is 0. The third-order valence-electron chi connectivity index (χ3n) is 4.17. The van der Waals surface area contributed by atoms with Gasteiger partial charge >= 0.3 is 5.97 Å². The van der Waals surface area contributed by atoms with E-state index < -0.39 is 12.6 Å². The van der Waals surface area contributed by atoms with Crippen LogP contribution < -0.4 is 5.56 Å². The molecule has 0 aliphatic rings. The standard InChI is InChI=1S/C21H15N3O4/c25-18(15-9-5-2-6-10-15)13-28-21(27)17-11-19-22-16(12-20(26)24(19)23-17)14-7-3-1-4-8-14/h1-12,23H,13H2. The first-order valence-corrected chi connectivity index (χ1v) is 8.55. The van der Waals surface area contributed by atoms with E-state index in [9.17, 15) is 14.4 Å². The number of benzene rings is 2. The summed E-state index contributed by atoms with van der Waals surface area (Å²) in [5.41, 5.74) is 1.72. The summed E-state index contributed by atoms with van der Waals surface area (Å²) in [5.74, 6) is -1.05. The Hall–Kier alpha value is -4.00. The number of esters is 1. The quantitative estimate of drug-likeness (QED) is 0.429. The number of carbonyl (C=O) groups excluding carboxylic acids is 2. The van der Waals surface area contributed by atoms with Crippen molar-refractivity contribution in [1.82, 2.24) is 14.6 Å². The Morgan fingerprint density at radius 3 is 2.36 bits per heavy atom. The van der Waals surface area contributed by atoms with Gasteiger partial charge in [-0.2, -0.15) is 0 Å². The number of aromatic nitrogens is 3. The zero-order valence-electron chi connectivity index (χ0n) is 14.7. The van der Waals surface area contributed by atoms with Gasteiger partial charge in [0, 0.05) is 23.3 Å². The van der Waals surface area contributed by atoms with Gasteiger partial charge in [0.15, 0.2) is 18.0 Å². The molecule has 0 radical (unpaired) electrons. The van der Waals surface area contributed by atoms with E-state index in [1.54, 1.807) is 30.3 Å². The molecule has 0 saturated heterocycles. The van der Waals surface area contributed by atoms with E-state index in [1.807, 2.05) is 30.3 Å². The number of hydrogen-bond donors (Lipinski definition) is 1. The van der Waals surface area contributed by atoms with Gasteiger partial charge in [0.25, 0.3) is 5.56 Å². The maximum Gasteiger partial charge on any atom is 0.356 e. The van der Waals surface area contributed by atoms with Crippen LogP contribution in [0.3, 0.4) is 0 Å². The van der Waals surface area contributed by atoms with Crippen molar-refractivity contribution in [2.75, 3.05) is 6.61 Å². The number of Topliss-reactive ketones (excluding diaryl/α,β-unsaturated/α-hetero) is 1. The summed E-state index contributed by atoms with van der Waals surface area (Å²) in [5, 5.41) is 2.66. The van der Waals surface area contributed by atoms with Gasteiger partial charge < -0.3 is 4.74 Å². The van der Waals surface area contributed by atoms with Crippen molar-refractivity contribution < 1.29 is 14.3 Å². The Kier molecular flexibility index (Phi) is 4.55. The van der Waals surface area contributed by atoms with Gasteiger partial charge in [0.1, 0.15) is 5.69 Å². The zero-order chi connectivity index (χ0) is 19.5. The van der Waals surface area contributed by atoms with Gasteiger partial charge in [0.05, 0.1) is 5.69 Å². The summed E-state index contributed by atoms with van der Waals surface area (Å²) in [6.45, 7) is -0.393. The van der Waals surface area contributed by atoms with Crippen LogP contribution in [0.25, 0.3) is 16.9 Å². The van der Waals surface area contributed by atoms with Crippen LogP contribution in [0.4, 0.5) is 0 Å². The van der Waals surface area contributed by atoms with Crippen molar-refractivity contribution in [2.24, 2.45) is 0 Å². The molecule has 7 nitrogen and oxygen atoms in total. The molecule has 4 rings (SSSR count). The van der Waals surface area contributed by atoms with Crippen LogP contribution in [0, 0.1) is 0 Å². The van der Waals surface area contributed by atoms with E-state index in [0.29, 0.717) is 11.3 Å². The van der Waals surface area contributed by atoms with Gasteiger partial charge in [-0.05, 0) is 0 Å². The SMILES string of the molecule is O=C(COC(=O)c1cc2nc(-c3ccccc3)cc(=O)n2[nH]1)c1ccccc1. The molecule has 7 heteroatoms. The summed E-state index contributed by atoms with van der Waals surface area (Å²) in [6, 6.07) is 20.6. The van der Waals surface area contributed by atoms with Crippen molar-refractivity contribution in [2.45, 2.75) is 0 Å². The van der Waals surface area contributed by atoms with Crippen molar-refractivity contribution in [3.05, 3.63) is 94.4 Å². The van der Waals surface area contributed by atoms with Crippen LogP contribution in [0.2, 0.25) is 0 Å². The molecular weight excluding hydrogens is 358 g/mol. The second-order valence-corrected chi connectivity index (χ2v) is 6.07. The predicted molar refractivity (Wildman–Crippen MR) is 102 cm³/mol. The molecule has 1 N–H and O–H groups in total. The van der Waals surface area contributed by atoms with Crippen LogP contribution in [0.5, 0.6) is 0 Å². The minimum absolute atomic E-state index is 0.0377. The zero-order valence-corrected chi connectivity index (χ0v) is 14.7. The second kappa shape index (κ2) is 7.32. The van der Waals surface area contributed by atoms with Crippen molar-refractivity contribution in [3.63, 3.8) is 0 Å². The highest BCUT2D eigenvalue weighted by Gasteiger charge is 2.16. The fourth-order valence-corrected chi connectivity index (χ4v) is 2.77. The number of fused-ring (bicyclic) bond motifs is 1. The van der Waals surface area contributed by atoms with E-state index in [-0.39, 0.29) is 22.7 Å². The van der Waals surface area contributed by atoms with Crippen LogP contribution in [-0.2, 0) is 4.74 Å². The molecule has 0 saturated carbocycles. The third-order valence-corrected chi connectivity index (χ3v) is 4.17. The highest BCUT2D eigenvalue weighted by atomic mass is 16.5. The Bertz CT molecular complexity index is 1210. The predicted octanol–water partition coefficient (Wildman–Crippen LogP) is 2.73. The van der Waals surface area contributed by atoms with E-state index in [0.717, 1.165) is 10.1 Å². The Labute approximate surface area is 159 Å². The monoisotopic (exact) mass is 373 g/mol. The smallest absolute Gasteiger partial charge is 0.356 e. The number of nitrogens with zero attached hydrogens (tertiary/aromatic N) is 2. The molecule has 0 atom stereocenters. The van der Waals surface area contributed by atoms with E-state index in [2.05, 4.69) is 10.1 Å². The first kappa shape index (κ1) is 17.4. The number of nitrogens with one attached hydrogen (secondary N) is 1. The minimum atomic E-state index is -0.740. The molecular formula is C21H15N3O4. The maximum atomic E-state index is 12.3. The number of aromatic amines is 1. The van der Waals surface area contributed by atoms with E-state index in [1.165, 1.54) is 12.1 Å². The lowest BCUT2D eigenvalue weighted by molar-refractivity contribution is 0.0468. The van der Waals surface area contributed by atoms with Gasteiger partial charge in [-0.3, -0.25) is 14.7 Å². The molecule has 0 unspecified atom stereocenters. The number of carbonyl (C=O) groups is 2. The lowest BCUT2D eigenvalue weighted by Gasteiger charge is -2.02. The summed E-state index contributed by atoms with van der Waals surface area (Å²) in [4.78, 5) is 41.1. The number of H-pyrrole nitrogens is 1. The molecule has 28 heavy (non-hydrogen) atoms. The van der Waals surface area contributed by atoms with E-state index >= 15 is 0 Å². The average Bonchev–Trinajstić information content (AvgIpc) is 3.18. The number of rotatable bonds is 5. The van der Waals surface area contributed by atoms with Crippen molar-refractivity contribution in [3.8, 4) is 11.3 Å². The first-order chi connectivity index (χ1) is 13.6. The van der Waals surface area contributed by atoms with Crippen LogP contribution in [0.15, 0.2) is 77.6 Å². The summed E-state index contributed by atoms with van der Waals surface area (Å²) >= 11 is 0. The molecule has 2 heterocycles. The van der Waals surface area contributed by atoms with Gasteiger partial charge in [0.2, 0.25) is 0 Å². The van der Waals surface area contributed by atoms with Crippen LogP contribution >= 0.6 is 0 Å². The second-order valence-electron chi connectivity index (χ2n) is 6.07. The fraction of sp³-hybridized carbons (Fsp3) is 0.0476. The molecule has 2 aromatic heterocycles. The maximum absolute atomic E-state index is 12.3. The first-order valence-electron chi connectivity index (χ1n) is 8.55. The van der Waals surface area contributed by atoms with Crippen LogP contribution in [0.1, 0.15) is 20.8 Å². The Morgan fingerprint density at radius 2 is 1.64 bits per heavy atom. The third kappa shape index (κ3) is 3.45. The molecule has 0 spiro atoms. The van der Waals surface area contributed by atoms with Gasteiger partial charge in [-0.25, -0.2) is 14.3 Å². The number of ether oxygens (including phenoxy) is 1. The fourth-order valence-electron chi connectivity index (χ4n) is 2.77. The highest BCUT2D eigenvalue weighted by molar-refractivity contribution is 5.99. The largest absolute Gasteiger partial charge is 0.453 e. The van der Waals surface area contributed by atoms with Crippen molar-refractivity contribution in [1.29, 1.82) is 0 Å². The lowest BCUT2D eigenvalue weighted by atomic mass is 10.1. The molecule has 0 aliphatic carbocycles. The Morgan fingerprint density at radius 1 is 0.964 bits per heavy atom. The number of ketones is 1. The molecule has 2 aromatic carbocycles. The van der Waals surface area contributed by atoms with Crippen LogP contribution in [-0.4, -0.2) is 33.0 Å². The van der Waals surface area contributed by atoms with Gasteiger partial charge in [-0.1, -0.05) is 60.7 Å². The van der Waals surface area contributed by atoms with E-state index in [4.69, 9.17) is 4.74 Å². The molecule has 4 aromatic rings. The topological polar surface area (TPSA) is 93.5 Å². The highest BCUT2D eigenvalue weighted by Crippen LogP contribution is 2.16. The lowest BCUT2D eigenvalue weighted by Crippen LogP contribution is -2.17. The summed E-state index contributed by atoms with van der Waals surface area (Å²) in [7, 11) is 0. The van der Waals surface area contributed by atoms with Gasteiger partial charge in [-0.15, -0.1) is 0 Å². The molecule has 0 bridgehead atoms. The molecule has 138 valence electrons. The molecule has 0 amide bonds. The normalized spacial score (nSPS) is 10.7. The summed E-state index contributed by atoms with van der Waals surface area (Å²) < 4.78 is 6.22. The number of hydrogen-bond acceptors (Lipinski definition) is 5. The molecule has 0 fully saturated rings. The van der Waals surface area contributed by atoms with Crippen molar-refractivity contribution >= 4 is 17.4 Å². The molecule has 0 aliphatic heterocycles. The Balaban J connectivity index is 1.56. The minimum Gasteiger partial charge on any atom is -0.453 e.